The molecule has 242 valence electrons. The number of carbonyl (C=O) groups is 2. The van der Waals surface area contributed by atoms with Crippen LogP contribution in [0.25, 0.3) is 10.9 Å². The average molecular weight is 617 g/mol. The van der Waals surface area contributed by atoms with Crippen LogP contribution < -0.4 is 15.1 Å². The van der Waals surface area contributed by atoms with E-state index < -0.39 is 0 Å². The Labute approximate surface area is 267 Å². The van der Waals surface area contributed by atoms with Crippen LogP contribution in [0.2, 0.25) is 0 Å². The summed E-state index contributed by atoms with van der Waals surface area (Å²) in [7, 11) is 3.85. The minimum atomic E-state index is -0.0572. The van der Waals surface area contributed by atoms with Gasteiger partial charge in [-0.25, -0.2) is 14.8 Å². The van der Waals surface area contributed by atoms with Crippen LogP contribution in [0.3, 0.4) is 0 Å². The molecule has 0 saturated carbocycles. The molecule has 0 atom stereocenters. The van der Waals surface area contributed by atoms with Crippen LogP contribution in [-0.2, 0) is 9.53 Å². The first-order chi connectivity index (χ1) is 21.9. The molecule has 45 heavy (non-hydrogen) atoms. The molecule has 3 aliphatic rings. The normalized spacial score (nSPS) is 17.7. The quantitative estimate of drug-likeness (QED) is 0.442. The Morgan fingerprint density at radius 2 is 1.47 bits per heavy atom. The van der Waals surface area contributed by atoms with Crippen molar-refractivity contribution < 1.29 is 14.3 Å². The number of hydrogen-bond donors (Lipinski definition) is 1. The second-order valence-corrected chi connectivity index (χ2v) is 11.9. The predicted molar refractivity (Wildman–Crippen MR) is 180 cm³/mol. The molecule has 0 radical (unpaired) electrons. The molecular formula is C34H48N8O3. The fourth-order valence-corrected chi connectivity index (χ4v) is 6.31. The molecule has 0 bridgehead atoms. The number of likely N-dealkylation sites (N-methyl/N-ethyl adjacent to an activating group) is 1. The lowest BCUT2D eigenvalue weighted by molar-refractivity contribution is -0.132. The highest BCUT2D eigenvalue weighted by Gasteiger charge is 2.27. The molecule has 0 spiro atoms. The Morgan fingerprint density at radius 3 is 2.13 bits per heavy atom. The maximum absolute atomic E-state index is 13.0. The van der Waals surface area contributed by atoms with Crippen molar-refractivity contribution in [1.82, 2.24) is 24.7 Å². The number of nitrogens with zero attached hydrogens (tertiary/aromatic N) is 7. The number of urea groups is 1. The van der Waals surface area contributed by atoms with Gasteiger partial charge in [0, 0.05) is 80.7 Å². The second kappa shape index (κ2) is 15.4. The van der Waals surface area contributed by atoms with Gasteiger partial charge in [0.1, 0.15) is 6.33 Å². The topological polar surface area (TPSA) is 97.4 Å². The molecule has 3 saturated heterocycles. The third kappa shape index (κ3) is 8.01. The number of benzene rings is 2. The van der Waals surface area contributed by atoms with E-state index in [9.17, 15) is 9.59 Å². The first-order valence-corrected chi connectivity index (χ1v) is 16.4. The van der Waals surface area contributed by atoms with Gasteiger partial charge in [0.2, 0.25) is 5.91 Å². The Hall–Kier alpha value is -3.96. The van der Waals surface area contributed by atoms with E-state index in [1.54, 1.807) is 6.33 Å². The van der Waals surface area contributed by atoms with E-state index in [-0.39, 0.29) is 17.9 Å². The van der Waals surface area contributed by atoms with Crippen molar-refractivity contribution in [2.75, 3.05) is 101 Å². The second-order valence-electron chi connectivity index (χ2n) is 11.9. The molecule has 6 rings (SSSR count). The van der Waals surface area contributed by atoms with Gasteiger partial charge in [-0.05, 0) is 69.4 Å². The number of carbonyl (C=O) groups excluding carboxylic acids is 2. The summed E-state index contributed by atoms with van der Waals surface area (Å²) in [5.41, 5.74) is 5.09. The van der Waals surface area contributed by atoms with E-state index >= 15 is 0 Å². The van der Waals surface area contributed by atoms with Crippen LogP contribution in [0.1, 0.15) is 38.3 Å². The molecule has 0 unspecified atom stereocenters. The van der Waals surface area contributed by atoms with Gasteiger partial charge >= 0.3 is 6.03 Å². The van der Waals surface area contributed by atoms with Crippen LogP contribution >= 0.6 is 0 Å². The predicted octanol–water partition coefficient (Wildman–Crippen LogP) is 4.11. The maximum atomic E-state index is 13.0. The van der Waals surface area contributed by atoms with E-state index in [1.807, 2.05) is 54.8 Å². The van der Waals surface area contributed by atoms with Crippen molar-refractivity contribution in [3.05, 3.63) is 54.5 Å². The standard InChI is InChI=1S/C32H42N8O3.C2H6/c1-36(2)22-30(41)39-15-13-37(14-16-39)27-7-8-28-29(21-27)33-23-34-31(28)24-9-11-40(12-10-24)32(42)35-25-3-5-26(6-4-25)38-17-19-43-20-18-38;1-2/h3-8,21,23-24H,9-20,22H2,1-2H3,(H,35,42);1-2H3. The minimum absolute atomic E-state index is 0.0572. The van der Waals surface area contributed by atoms with Crippen LogP contribution in [0.5, 0.6) is 0 Å². The van der Waals surface area contributed by atoms with Crippen LogP contribution in [0.4, 0.5) is 21.9 Å². The smallest absolute Gasteiger partial charge is 0.321 e. The number of ether oxygens (including phenoxy) is 1. The molecule has 1 N–H and O–H groups in total. The first kappa shape index (κ1) is 32.4. The van der Waals surface area contributed by atoms with Crippen molar-refractivity contribution in [2.24, 2.45) is 0 Å². The molecule has 2 aromatic carbocycles. The van der Waals surface area contributed by atoms with E-state index in [0.717, 1.165) is 99.0 Å². The number of hydrogen-bond acceptors (Lipinski definition) is 8. The van der Waals surface area contributed by atoms with Crippen molar-refractivity contribution in [3.8, 4) is 0 Å². The molecule has 3 aromatic rings. The monoisotopic (exact) mass is 616 g/mol. The van der Waals surface area contributed by atoms with Gasteiger partial charge in [0.15, 0.2) is 0 Å². The molecule has 3 aliphatic heterocycles. The first-order valence-electron chi connectivity index (χ1n) is 16.4. The number of nitrogens with one attached hydrogen (secondary N) is 1. The summed E-state index contributed by atoms with van der Waals surface area (Å²) in [6.07, 6.45) is 3.39. The van der Waals surface area contributed by atoms with Gasteiger partial charge in [-0.1, -0.05) is 13.8 Å². The number of likely N-dealkylation sites (tertiary alicyclic amines) is 1. The fraction of sp³-hybridized carbons (Fsp3) is 0.529. The third-order valence-electron chi connectivity index (χ3n) is 8.76. The van der Waals surface area contributed by atoms with E-state index in [0.29, 0.717) is 19.6 Å². The molecule has 11 nitrogen and oxygen atoms in total. The highest BCUT2D eigenvalue weighted by molar-refractivity contribution is 5.90. The zero-order valence-electron chi connectivity index (χ0n) is 27.2. The lowest BCUT2D eigenvalue weighted by Gasteiger charge is -2.36. The number of piperazine rings is 1. The Kier molecular flexibility index (Phi) is 11.1. The Bertz CT molecular complexity index is 1410. The summed E-state index contributed by atoms with van der Waals surface area (Å²) >= 11 is 0. The van der Waals surface area contributed by atoms with Crippen LogP contribution in [0.15, 0.2) is 48.8 Å². The highest BCUT2D eigenvalue weighted by Crippen LogP contribution is 2.33. The van der Waals surface area contributed by atoms with E-state index in [4.69, 9.17) is 9.72 Å². The van der Waals surface area contributed by atoms with Gasteiger partial charge in [-0.2, -0.15) is 0 Å². The largest absolute Gasteiger partial charge is 0.378 e. The van der Waals surface area contributed by atoms with Crippen molar-refractivity contribution in [2.45, 2.75) is 32.6 Å². The minimum Gasteiger partial charge on any atom is -0.378 e. The molecule has 3 fully saturated rings. The third-order valence-corrected chi connectivity index (χ3v) is 8.76. The summed E-state index contributed by atoms with van der Waals surface area (Å²) in [6, 6.07) is 14.5. The highest BCUT2D eigenvalue weighted by atomic mass is 16.5. The summed E-state index contributed by atoms with van der Waals surface area (Å²) in [5.74, 6) is 0.460. The SMILES string of the molecule is CC.CN(C)CC(=O)N1CCN(c2ccc3c(C4CCN(C(=O)Nc5ccc(N6CCOCC6)cc5)CC4)ncnc3c2)CC1. The number of morpholine rings is 1. The molecule has 11 heteroatoms. The van der Waals surface area contributed by atoms with E-state index in [1.165, 1.54) is 0 Å². The van der Waals surface area contributed by atoms with Crippen molar-refractivity contribution in [3.63, 3.8) is 0 Å². The molecule has 4 heterocycles. The number of piperidine rings is 1. The number of aromatic nitrogens is 2. The molecule has 3 amide bonds. The Balaban J connectivity index is 0.00000196. The van der Waals surface area contributed by atoms with Crippen molar-refractivity contribution >= 4 is 39.9 Å². The lowest BCUT2D eigenvalue weighted by Crippen LogP contribution is -2.50. The summed E-state index contributed by atoms with van der Waals surface area (Å²) in [4.78, 5) is 45.2. The summed E-state index contributed by atoms with van der Waals surface area (Å²) in [5, 5.41) is 4.15. The average Bonchev–Trinajstić information content (AvgIpc) is 3.09. The zero-order valence-corrected chi connectivity index (χ0v) is 27.2. The number of amides is 3. The van der Waals surface area contributed by atoms with Crippen LogP contribution in [0, 0.1) is 0 Å². The maximum Gasteiger partial charge on any atom is 0.321 e. The van der Waals surface area contributed by atoms with Gasteiger partial charge in [-0.15, -0.1) is 0 Å². The van der Waals surface area contributed by atoms with Gasteiger partial charge in [0.25, 0.3) is 0 Å². The van der Waals surface area contributed by atoms with Gasteiger partial charge in [0.05, 0.1) is 31.0 Å². The fourth-order valence-electron chi connectivity index (χ4n) is 6.31. The lowest BCUT2D eigenvalue weighted by atomic mass is 9.91. The number of fused-ring (bicyclic) bond motifs is 1. The zero-order chi connectivity index (χ0) is 31.8. The molecular weight excluding hydrogens is 568 g/mol. The molecule has 1 aromatic heterocycles. The van der Waals surface area contributed by atoms with Crippen molar-refractivity contribution in [1.29, 1.82) is 0 Å². The van der Waals surface area contributed by atoms with Gasteiger partial charge in [-0.3, -0.25) is 4.79 Å². The number of rotatable bonds is 6. The summed E-state index contributed by atoms with van der Waals surface area (Å²) in [6.45, 7) is 12.2. The number of anilines is 3. The summed E-state index contributed by atoms with van der Waals surface area (Å²) < 4.78 is 5.44. The van der Waals surface area contributed by atoms with Gasteiger partial charge < -0.3 is 34.6 Å². The van der Waals surface area contributed by atoms with E-state index in [2.05, 4.69) is 50.4 Å². The van der Waals surface area contributed by atoms with Crippen LogP contribution in [-0.4, -0.2) is 123 Å². The molecule has 0 aliphatic carbocycles. The Morgan fingerprint density at radius 1 is 0.822 bits per heavy atom.